The molecule has 2 aromatic heterocycles. The molecule has 1 aliphatic rings. The van der Waals surface area contributed by atoms with Gasteiger partial charge in [0.25, 0.3) is 0 Å². The van der Waals surface area contributed by atoms with E-state index in [1.165, 1.54) is 0 Å². The molecule has 1 unspecified atom stereocenters. The highest BCUT2D eigenvalue weighted by molar-refractivity contribution is 8.00. The fraction of sp³-hybridized carbons (Fsp3) is 0.562. The molecule has 24 heavy (non-hydrogen) atoms. The maximum atomic E-state index is 5.60. The van der Waals surface area contributed by atoms with Crippen LogP contribution in [0.25, 0.3) is 0 Å². The van der Waals surface area contributed by atoms with Crippen molar-refractivity contribution in [3.8, 4) is 5.75 Å². The predicted octanol–water partition coefficient (Wildman–Crippen LogP) is 3.44. The van der Waals surface area contributed by atoms with E-state index in [4.69, 9.17) is 9.47 Å². The van der Waals surface area contributed by atoms with Gasteiger partial charge in [0.2, 0.25) is 5.13 Å². The summed E-state index contributed by atoms with van der Waals surface area (Å²) >= 11 is 3.22. The molecule has 0 aliphatic carbocycles. The Morgan fingerprint density at radius 1 is 1.42 bits per heavy atom. The number of nitrogens with one attached hydrogen (secondary N) is 1. The van der Waals surface area contributed by atoms with Crippen LogP contribution in [0.5, 0.6) is 5.75 Å². The van der Waals surface area contributed by atoms with Crippen LogP contribution in [0.15, 0.2) is 10.5 Å². The van der Waals surface area contributed by atoms with E-state index in [9.17, 15) is 0 Å². The van der Waals surface area contributed by atoms with Gasteiger partial charge in [-0.25, -0.2) is 0 Å². The van der Waals surface area contributed by atoms with Crippen LogP contribution in [0, 0.1) is 13.8 Å². The average molecular weight is 367 g/mol. The lowest BCUT2D eigenvalue weighted by molar-refractivity contribution is 0.120. The molecule has 3 heterocycles. The number of pyridine rings is 1. The maximum Gasteiger partial charge on any atom is 0.206 e. The van der Waals surface area contributed by atoms with Crippen molar-refractivity contribution in [3.63, 3.8) is 0 Å². The molecule has 1 aliphatic heterocycles. The SMILES string of the molecule is COc1c(C)cnc(CSc2nnc(NCC3CCCO3)s2)c1C. The molecule has 1 N–H and O–H groups in total. The van der Waals surface area contributed by atoms with Crippen molar-refractivity contribution >= 4 is 28.2 Å². The first kappa shape index (κ1) is 17.4. The molecule has 0 radical (unpaired) electrons. The van der Waals surface area contributed by atoms with E-state index in [1.807, 2.05) is 20.0 Å². The van der Waals surface area contributed by atoms with Gasteiger partial charge in [0.05, 0.1) is 18.9 Å². The zero-order chi connectivity index (χ0) is 16.9. The number of hydrogen-bond acceptors (Lipinski definition) is 8. The molecule has 1 saturated heterocycles. The van der Waals surface area contributed by atoms with Crippen molar-refractivity contribution < 1.29 is 9.47 Å². The summed E-state index contributed by atoms with van der Waals surface area (Å²) in [4.78, 5) is 4.52. The molecule has 2 aromatic rings. The number of anilines is 1. The largest absolute Gasteiger partial charge is 0.496 e. The van der Waals surface area contributed by atoms with Gasteiger partial charge in [-0.3, -0.25) is 4.98 Å². The van der Waals surface area contributed by atoms with Crippen molar-refractivity contribution in [1.82, 2.24) is 15.2 Å². The summed E-state index contributed by atoms with van der Waals surface area (Å²) < 4.78 is 12.0. The van der Waals surface area contributed by atoms with E-state index in [0.29, 0.717) is 6.10 Å². The Balaban J connectivity index is 1.55. The minimum Gasteiger partial charge on any atom is -0.496 e. The third kappa shape index (κ3) is 4.17. The lowest BCUT2D eigenvalue weighted by atomic mass is 10.1. The van der Waals surface area contributed by atoms with E-state index >= 15 is 0 Å². The van der Waals surface area contributed by atoms with Crippen LogP contribution in [-0.4, -0.2) is 41.5 Å². The molecule has 0 saturated carbocycles. The van der Waals surface area contributed by atoms with Gasteiger partial charge in [-0.2, -0.15) is 0 Å². The molecule has 0 bridgehead atoms. The van der Waals surface area contributed by atoms with Crippen LogP contribution in [-0.2, 0) is 10.5 Å². The third-order valence-corrected chi connectivity index (χ3v) is 6.02. The number of methoxy groups -OCH3 is 1. The summed E-state index contributed by atoms with van der Waals surface area (Å²) in [5.74, 6) is 1.67. The fourth-order valence-electron chi connectivity index (χ4n) is 2.69. The molecule has 1 atom stereocenters. The lowest BCUT2D eigenvalue weighted by Gasteiger charge is -2.11. The van der Waals surface area contributed by atoms with Crippen molar-refractivity contribution in [3.05, 3.63) is 23.0 Å². The molecule has 3 rings (SSSR count). The minimum atomic E-state index is 0.303. The molecule has 0 amide bonds. The zero-order valence-electron chi connectivity index (χ0n) is 14.2. The normalized spacial score (nSPS) is 17.2. The molecule has 130 valence electrons. The first-order valence-electron chi connectivity index (χ1n) is 7.98. The smallest absolute Gasteiger partial charge is 0.206 e. The lowest BCUT2D eigenvalue weighted by Crippen LogP contribution is -2.18. The topological polar surface area (TPSA) is 69.2 Å². The van der Waals surface area contributed by atoms with E-state index in [2.05, 4.69) is 20.5 Å². The quantitative estimate of drug-likeness (QED) is 0.753. The van der Waals surface area contributed by atoms with Gasteiger partial charge >= 0.3 is 0 Å². The van der Waals surface area contributed by atoms with Crippen molar-refractivity contribution in [2.45, 2.75) is 42.9 Å². The van der Waals surface area contributed by atoms with Crippen LogP contribution in [0.1, 0.15) is 29.7 Å². The van der Waals surface area contributed by atoms with Gasteiger partial charge in [0, 0.05) is 36.2 Å². The Hall–Kier alpha value is -1.38. The predicted molar refractivity (Wildman–Crippen MR) is 97.2 cm³/mol. The van der Waals surface area contributed by atoms with Gasteiger partial charge in [-0.1, -0.05) is 23.1 Å². The van der Waals surface area contributed by atoms with Gasteiger partial charge < -0.3 is 14.8 Å². The molecule has 0 aromatic carbocycles. The summed E-state index contributed by atoms with van der Waals surface area (Å²) in [6.45, 7) is 5.72. The van der Waals surface area contributed by atoms with Gasteiger partial charge in [-0.05, 0) is 26.7 Å². The van der Waals surface area contributed by atoms with Crippen LogP contribution >= 0.6 is 23.1 Å². The van der Waals surface area contributed by atoms with Gasteiger partial charge in [0.1, 0.15) is 5.75 Å². The summed E-state index contributed by atoms with van der Waals surface area (Å²) in [7, 11) is 1.70. The molecule has 6 nitrogen and oxygen atoms in total. The Morgan fingerprint density at radius 2 is 2.29 bits per heavy atom. The number of aryl methyl sites for hydroxylation is 1. The van der Waals surface area contributed by atoms with E-state index in [1.54, 1.807) is 30.2 Å². The van der Waals surface area contributed by atoms with Gasteiger partial charge in [-0.15, -0.1) is 10.2 Å². The second-order valence-corrected chi connectivity index (χ2v) is 7.92. The summed E-state index contributed by atoms with van der Waals surface area (Å²) in [6.07, 6.45) is 4.43. The highest BCUT2D eigenvalue weighted by atomic mass is 32.2. The molecule has 1 fully saturated rings. The summed E-state index contributed by atoms with van der Waals surface area (Å²) in [5, 5.41) is 12.6. The number of nitrogens with zero attached hydrogens (tertiary/aromatic N) is 3. The first-order valence-corrected chi connectivity index (χ1v) is 9.78. The Bertz CT molecular complexity index is 687. The van der Waals surface area contributed by atoms with Crippen LogP contribution in [0.4, 0.5) is 5.13 Å². The van der Waals surface area contributed by atoms with E-state index in [-0.39, 0.29) is 0 Å². The number of thioether (sulfide) groups is 1. The van der Waals surface area contributed by atoms with Crippen molar-refractivity contribution in [2.75, 3.05) is 25.6 Å². The first-order chi connectivity index (χ1) is 11.7. The summed E-state index contributed by atoms with van der Waals surface area (Å²) in [6, 6.07) is 0. The second-order valence-electron chi connectivity index (χ2n) is 5.72. The van der Waals surface area contributed by atoms with Crippen molar-refractivity contribution in [1.29, 1.82) is 0 Å². The highest BCUT2D eigenvalue weighted by Crippen LogP contribution is 2.31. The number of hydrogen-bond donors (Lipinski definition) is 1. The van der Waals surface area contributed by atoms with Crippen LogP contribution in [0.2, 0.25) is 0 Å². The third-order valence-electron chi connectivity index (χ3n) is 3.99. The number of rotatable bonds is 7. The maximum absolute atomic E-state index is 5.60. The number of ether oxygens (including phenoxy) is 2. The fourth-order valence-corrected chi connectivity index (χ4v) is 4.48. The summed E-state index contributed by atoms with van der Waals surface area (Å²) in [5.41, 5.74) is 3.16. The highest BCUT2D eigenvalue weighted by Gasteiger charge is 2.16. The monoisotopic (exact) mass is 366 g/mol. The minimum absolute atomic E-state index is 0.303. The molecular weight excluding hydrogens is 344 g/mol. The van der Waals surface area contributed by atoms with E-state index < -0.39 is 0 Å². The molecular formula is C16H22N4O2S2. The zero-order valence-corrected chi connectivity index (χ0v) is 15.8. The average Bonchev–Trinajstić information content (AvgIpc) is 3.24. The molecule has 0 spiro atoms. The van der Waals surface area contributed by atoms with Gasteiger partial charge in [0.15, 0.2) is 4.34 Å². The van der Waals surface area contributed by atoms with E-state index in [0.717, 1.165) is 63.8 Å². The Kier molecular flexibility index (Phi) is 5.91. The standard InChI is InChI=1S/C16H22N4O2S2/c1-10-7-17-13(11(2)14(10)21-3)9-23-16-20-19-15(24-16)18-8-12-5-4-6-22-12/h7,12H,4-6,8-9H2,1-3H3,(H,18,19). The van der Waals surface area contributed by atoms with Crippen LogP contribution < -0.4 is 10.1 Å². The van der Waals surface area contributed by atoms with Crippen molar-refractivity contribution in [2.24, 2.45) is 0 Å². The Labute approximate surface area is 150 Å². The number of aromatic nitrogens is 3. The Morgan fingerprint density at radius 3 is 3.04 bits per heavy atom. The molecule has 8 heteroatoms. The van der Waals surface area contributed by atoms with Crippen LogP contribution in [0.3, 0.4) is 0 Å². The second kappa shape index (κ2) is 8.13.